The molecule has 1 aliphatic heterocycles. The number of aliphatic hydroxyl groups is 1. The largest absolute Gasteiger partial charge is 0.390 e. The summed E-state index contributed by atoms with van der Waals surface area (Å²) >= 11 is 0. The Morgan fingerprint density at radius 2 is 1.95 bits per heavy atom. The first-order valence-corrected chi connectivity index (χ1v) is 12.2. The number of aromatic amines is 1. The first kappa shape index (κ1) is 23.4. The van der Waals surface area contributed by atoms with E-state index in [2.05, 4.69) is 30.4 Å². The maximum Gasteiger partial charge on any atom is 0.130 e. The van der Waals surface area contributed by atoms with Crippen molar-refractivity contribution in [2.45, 2.75) is 31.9 Å². The van der Waals surface area contributed by atoms with Gasteiger partial charge >= 0.3 is 0 Å². The molecule has 3 aromatic heterocycles. The van der Waals surface area contributed by atoms with Crippen LogP contribution in [0.5, 0.6) is 0 Å². The maximum absolute atomic E-state index is 14.2. The molecule has 2 aromatic carbocycles. The van der Waals surface area contributed by atoms with Crippen molar-refractivity contribution < 1.29 is 13.9 Å². The lowest BCUT2D eigenvalue weighted by molar-refractivity contribution is 0.194. The van der Waals surface area contributed by atoms with Crippen LogP contribution >= 0.6 is 0 Å². The lowest BCUT2D eigenvalue weighted by Crippen LogP contribution is -2.34. The number of aromatic nitrogens is 6. The highest BCUT2D eigenvalue weighted by atomic mass is 19.1. The molecule has 0 aliphatic carbocycles. The molecule has 1 atom stereocenters. The van der Waals surface area contributed by atoms with Crippen molar-refractivity contribution in [3.05, 3.63) is 89.5 Å². The van der Waals surface area contributed by atoms with Crippen LogP contribution < -0.4 is 0 Å². The zero-order chi connectivity index (χ0) is 25.4. The molecule has 6 rings (SSSR count). The first-order valence-electron chi connectivity index (χ1n) is 12.2. The monoisotopic (exact) mass is 501 g/mol. The Bertz CT molecular complexity index is 1530. The van der Waals surface area contributed by atoms with E-state index in [0.29, 0.717) is 12.2 Å². The molecule has 37 heavy (non-hydrogen) atoms. The molecule has 4 heterocycles. The number of pyridine rings is 1. The molecule has 0 amide bonds. The molecule has 1 aliphatic rings. The van der Waals surface area contributed by atoms with E-state index >= 15 is 0 Å². The molecule has 0 unspecified atom stereocenters. The Labute approximate surface area is 211 Å². The van der Waals surface area contributed by atoms with Gasteiger partial charge in [0.2, 0.25) is 0 Å². The zero-order valence-corrected chi connectivity index (χ0v) is 20.0. The van der Waals surface area contributed by atoms with Crippen molar-refractivity contribution >= 4 is 10.9 Å². The Morgan fingerprint density at radius 3 is 2.73 bits per heavy atom. The van der Waals surface area contributed by atoms with E-state index < -0.39 is 11.6 Å². The second kappa shape index (κ2) is 9.79. The van der Waals surface area contributed by atoms with E-state index in [1.54, 1.807) is 16.9 Å². The minimum absolute atomic E-state index is 0.109. The van der Waals surface area contributed by atoms with E-state index in [1.807, 2.05) is 30.5 Å². The fourth-order valence-electron chi connectivity index (χ4n) is 4.96. The lowest BCUT2D eigenvalue weighted by atomic mass is 9.95. The number of nitrogens with one attached hydrogen (secondary N) is 1. The van der Waals surface area contributed by atoms with Crippen molar-refractivity contribution in [1.29, 1.82) is 0 Å². The average molecular weight is 502 g/mol. The number of hydrogen-bond acceptors (Lipinski definition) is 6. The SMILES string of the molecule is OCc1ccc(-c2n[nH]c3ccc(-n4cc([C@@H]5CCCN(Cc6c(F)cccc6F)C5)nn4)cc23)cn1. The van der Waals surface area contributed by atoms with Crippen LogP contribution in [0, 0.1) is 11.6 Å². The van der Waals surface area contributed by atoms with E-state index in [1.165, 1.54) is 18.2 Å². The minimum Gasteiger partial charge on any atom is -0.390 e. The predicted molar refractivity (Wildman–Crippen MR) is 134 cm³/mol. The van der Waals surface area contributed by atoms with E-state index in [4.69, 9.17) is 0 Å². The molecule has 5 aromatic rings. The number of fused-ring (bicyclic) bond motifs is 1. The Morgan fingerprint density at radius 1 is 1.08 bits per heavy atom. The van der Waals surface area contributed by atoms with Crippen molar-refractivity contribution in [1.82, 2.24) is 35.1 Å². The first-order chi connectivity index (χ1) is 18.1. The number of piperidine rings is 1. The summed E-state index contributed by atoms with van der Waals surface area (Å²) in [7, 11) is 0. The maximum atomic E-state index is 14.2. The van der Waals surface area contributed by atoms with Gasteiger partial charge in [0.05, 0.1) is 35.4 Å². The van der Waals surface area contributed by atoms with Gasteiger partial charge in [0.15, 0.2) is 0 Å². The van der Waals surface area contributed by atoms with Gasteiger partial charge in [-0.2, -0.15) is 5.10 Å². The summed E-state index contributed by atoms with van der Waals surface area (Å²) in [5.74, 6) is -0.897. The van der Waals surface area contributed by atoms with Crippen LogP contribution in [0.2, 0.25) is 0 Å². The number of benzene rings is 2. The van der Waals surface area contributed by atoms with Crippen LogP contribution in [-0.4, -0.2) is 53.3 Å². The highest BCUT2D eigenvalue weighted by Crippen LogP contribution is 2.30. The number of nitrogens with zero attached hydrogens (tertiary/aromatic N) is 6. The Kier molecular flexibility index (Phi) is 6.19. The fraction of sp³-hybridized carbons (Fsp3) is 0.259. The Hall–Kier alpha value is -4.02. The van der Waals surface area contributed by atoms with Crippen LogP contribution in [-0.2, 0) is 13.2 Å². The summed E-state index contributed by atoms with van der Waals surface area (Å²) in [6, 6.07) is 13.5. The molecule has 1 saturated heterocycles. The van der Waals surface area contributed by atoms with Gasteiger partial charge < -0.3 is 5.11 Å². The summed E-state index contributed by atoms with van der Waals surface area (Å²) in [5.41, 5.74) is 4.89. The van der Waals surface area contributed by atoms with Gasteiger partial charge in [-0.15, -0.1) is 5.10 Å². The van der Waals surface area contributed by atoms with E-state index in [-0.39, 0.29) is 24.6 Å². The van der Waals surface area contributed by atoms with Crippen molar-refractivity contribution in [2.24, 2.45) is 0 Å². The van der Waals surface area contributed by atoms with Gasteiger partial charge in [0.25, 0.3) is 0 Å². The third-order valence-corrected chi connectivity index (χ3v) is 6.95. The average Bonchev–Trinajstić information content (AvgIpc) is 3.59. The third kappa shape index (κ3) is 4.61. The summed E-state index contributed by atoms with van der Waals surface area (Å²) < 4.78 is 30.1. The van der Waals surface area contributed by atoms with Gasteiger partial charge in [-0.25, -0.2) is 13.5 Å². The predicted octanol–water partition coefficient (Wildman–Crippen LogP) is 4.36. The summed E-state index contributed by atoms with van der Waals surface area (Å²) in [5, 5.41) is 26.5. The Balaban J connectivity index is 1.23. The highest BCUT2D eigenvalue weighted by Gasteiger charge is 2.25. The second-order valence-electron chi connectivity index (χ2n) is 9.36. The number of likely N-dealkylation sites (tertiary alicyclic amines) is 1. The molecule has 0 bridgehead atoms. The second-order valence-corrected chi connectivity index (χ2v) is 9.36. The third-order valence-electron chi connectivity index (χ3n) is 6.95. The molecule has 1 fully saturated rings. The number of hydrogen-bond donors (Lipinski definition) is 2. The molecule has 10 heteroatoms. The molecule has 0 radical (unpaired) electrons. The standard InChI is InChI=1S/C27H25F2N7O/c28-23-4-1-5-24(29)22(23)14-35-10-2-3-18(13-35)26-15-36(34-32-26)20-8-9-25-21(11-20)27(33-31-25)17-6-7-19(16-37)30-12-17/h1,4-9,11-12,15,18,37H,2-3,10,13-14,16H2,(H,31,33)/t18-/m1/s1. The van der Waals surface area contributed by atoms with Crippen LogP contribution in [0.3, 0.4) is 0 Å². The van der Waals surface area contributed by atoms with Crippen LogP contribution in [0.25, 0.3) is 27.8 Å². The van der Waals surface area contributed by atoms with Crippen LogP contribution in [0.1, 0.15) is 35.7 Å². The van der Waals surface area contributed by atoms with Gasteiger partial charge in [0.1, 0.15) is 17.3 Å². The topological polar surface area (TPSA) is 95.8 Å². The summed E-state index contributed by atoms with van der Waals surface area (Å²) in [4.78, 5) is 6.34. The number of H-pyrrole nitrogens is 1. The number of aliphatic hydroxyl groups excluding tert-OH is 1. The van der Waals surface area contributed by atoms with Crippen molar-refractivity contribution in [2.75, 3.05) is 13.1 Å². The van der Waals surface area contributed by atoms with Gasteiger partial charge in [-0.05, 0) is 61.9 Å². The highest BCUT2D eigenvalue weighted by molar-refractivity contribution is 5.93. The minimum atomic E-state index is -0.512. The number of halogens is 2. The molecule has 2 N–H and O–H groups in total. The van der Waals surface area contributed by atoms with Crippen molar-refractivity contribution in [3.63, 3.8) is 0 Å². The molecule has 188 valence electrons. The fourth-order valence-corrected chi connectivity index (χ4v) is 4.96. The summed E-state index contributed by atoms with van der Waals surface area (Å²) in [6.07, 6.45) is 5.48. The molecule has 8 nitrogen and oxygen atoms in total. The lowest BCUT2D eigenvalue weighted by Gasteiger charge is -2.31. The van der Waals surface area contributed by atoms with Crippen molar-refractivity contribution in [3.8, 4) is 16.9 Å². The molecule has 0 saturated carbocycles. The van der Waals surface area contributed by atoms with Crippen LogP contribution in [0.4, 0.5) is 8.78 Å². The van der Waals surface area contributed by atoms with Gasteiger partial charge in [-0.3, -0.25) is 15.0 Å². The normalized spacial score (nSPS) is 16.5. The molecular weight excluding hydrogens is 476 g/mol. The smallest absolute Gasteiger partial charge is 0.130 e. The van der Waals surface area contributed by atoms with E-state index in [9.17, 15) is 13.9 Å². The van der Waals surface area contributed by atoms with Gasteiger partial charge in [-0.1, -0.05) is 11.3 Å². The zero-order valence-electron chi connectivity index (χ0n) is 20.0. The summed E-state index contributed by atoms with van der Waals surface area (Å²) in [6.45, 7) is 1.57. The quantitative estimate of drug-likeness (QED) is 0.359. The molecule has 0 spiro atoms. The van der Waals surface area contributed by atoms with Crippen LogP contribution in [0.15, 0.2) is 60.9 Å². The molecular formula is C27H25F2N7O. The van der Waals surface area contributed by atoms with Gasteiger partial charge in [0, 0.05) is 41.7 Å². The van der Waals surface area contributed by atoms with E-state index in [0.717, 1.165) is 52.9 Å². The number of rotatable bonds is 6.